The molecule has 1 aliphatic heterocycles. The first-order valence-corrected chi connectivity index (χ1v) is 5.68. The lowest BCUT2D eigenvalue weighted by atomic mass is 9.94. The molecule has 0 fully saturated rings. The van der Waals surface area contributed by atoms with Crippen LogP contribution in [-0.4, -0.2) is 16.4 Å². The average molecular weight is 276 g/mol. The molecule has 20 heavy (non-hydrogen) atoms. The second-order valence-electron chi connectivity index (χ2n) is 4.33. The van der Waals surface area contributed by atoms with Gasteiger partial charge in [-0.3, -0.25) is 10.1 Å². The summed E-state index contributed by atoms with van der Waals surface area (Å²) < 4.78 is 38.8. The fraction of sp³-hybridized carbons (Fsp3) is 0.154. The zero-order chi connectivity index (χ0) is 14.3. The van der Waals surface area contributed by atoms with Crippen molar-refractivity contribution in [3.63, 3.8) is 0 Å². The summed E-state index contributed by atoms with van der Waals surface area (Å²) in [5.74, 6) is 0. The highest BCUT2D eigenvalue weighted by Crippen LogP contribution is 2.37. The maximum atomic E-state index is 12.9. The van der Waals surface area contributed by atoms with Gasteiger partial charge in [-0.2, -0.15) is 23.5 Å². The minimum absolute atomic E-state index is 0.131. The van der Waals surface area contributed by atoms with Crippen LogP contribution in [0.5, 0.6) is 0 Å². The van der Waals surface area contributed by atoms with E-state index in [0.29, 0.717) is 22.3 Å². The molecule has 0 radical (unpaired) electrons. The number of nitriles is 1. The van der Waals surface area contributed by atoms with Gasteiger partial charge in [0, 0.05) is 17.3 Å². The van der Waals surface area contributed by atoms with Crippen LogP contribution >= 0.6 is 0 Å². The van der Waals surface area contributed by atoms with Crippen molar-refractivity contribution in [2.75, 3.05) is 0 Å². The zero-order valence-corrected chi connectivity index (χ0v) is 9.99. The Bertz CT molecular complexity index is 750. The number of benzene rings is 1. The Labute approximate surface area is 111 Å². The molecule has 1 N–H and O–H groups in total. The summed E-state index contributed by atoms with van der Waals surface area (Å²) in [7, 11) is 0. The largest absolute Gasteiger partial charge is 0.416 e. The predicted molar refractivity (Wildman–Crippen MR) is 65.0 cm³/mol. The number of fused-ring (bicyclic) bond motifs is 1. The number of nitrogens with one attached hydrogen (secondary N) is 1. The summed E-state index contributed by atoms with van der Waals surface area (Å²) in [6.07, 6.45) is -1.57. The van der Waals surface area contributed by atoms with Gasteiger partial charge in [0.05, 0.1) is 18.3 Å². The lowest BCUT2D eigenvalue weighted by Gasteiger charge is -2.12. The van der Waals surface area contributed by atoms with E-state index in [1.54, 1.807) is 0 Å². The second-order valence-corrected chi connectivity index (χ2v) is 4.33. The fourth-order valence-corrected chi connectivity index (χ4v) is 2.19. The first kappa shape index (κ1) is 12.4. The summed E-state index contributed by atoms with van der Waals surface area (Å²) in [6, 6.07) is 4.00. The zero-order valence-electron chi connectivity index (χ0n) is 9.99. The first-order chi connectivity index (χ1) is 9.50. The molecule has 0 saturated heterocycles. The Balaban J connectivity index is 2.27. The molecule has 1 aliphatic rings. The molecular weight excluding hydrogens is 269 g/mol. The highest BCUT2D eigenvalue weighted by atomic mass is 19.4. The number of aromatic nitrogens is 2. The van der Waals surface area contributed by atoms with E-state index in [9.17, 15) is 13.2 Å². The molecule has 0 spiro atoms. The van der Waals surface area contributed by atoms with E-state index in [2.05, 4.69) is 15.2 Å². The molecule has 2 aromatic rings. The summed E-state index contributed by atoms with van der Waals surface area (Å²) in [5.41, 5.74) is 1.16. The Kier molecular flexibility index (Phi) is 2.61. The van der Waals surface area contributed by atoms with Crippen LogP contribution < -0.4 is 0 Å². The molecule has 1 aromatic carbocycles. The maximum Gasteiger partial charge on any atom is 0.416 e. The first-order valence-electron chi connectivity index (χ1n) is 5.68. The minimum atomic E-state index is -4.44. The number of aromatic amines is 1. The Morgan fingerprint density at radius 1 is 1.25 bits per heavy atom. The summed E-state index contributed by atoms with van der Waals surface area (Å²) >= 11 is 0. The van der Waals surface area contributed by atoms with Gasteiger partial charge >= 0.3 is 6.18 Å². The van der Waals surface area contributed by atoms with Gasteiger partial charge in [-0.1, -0.05) is 0 Å². The smallest absolute Gasteiger partial charge is 0.288 e. The molecule has 7 heteroatoms. The van der Waals surface area contributed by atoms with Crippen molar-refractivity contribution in [2.24, 2.45) is 4.99 Å². The molecule has 3 rings (SSSR count). The van der Waals surface area contributed by atoms with Crippen LogP contribution in [0.25, 0.3) is 11.1 Å². The van der Waals surface area contributed by atoms with Crippen LogP contribution in [0, 0.1) is 11.3 Å². The number of hydrogen-bond acceptors (Lipinski definition) is 3. The van der Waals surface area contributed by atoms with Gasteiger partial charge in [0.25, 0.3) is 0 Å². The predicted octanol–water partition coefficient (Wildman–Crippen LogP) is 2.90. The van der Waals surface area contributed by atoms with Crippen molar-refractivity contribution < 1.29 is 13.2 Å². The van der Waals surface area contributed by atoms with Crippen molar-refractivity contribution in [1.82, 2.24) is 10.2 Å². The van der Waals surface area contributed by atoms with E-state index in [0.717, 1.165) is 12.1 Å². The van der Waals surface area contributed by atoms with Crippen LogP contribution in [0.3, 0.4) is 0 Å². The van der Waals surface area contributed by atoms with Gasteiger partial charge < -0.3 is 0 Å². The maximum absolute atomic E-state index is 12.9. The average Bonchev–Trinajstić information content (AvgIpc) is 3.04. The molecule has 4 nitrogen and oxygen atoms in total. The van der Waals surface area contributed by atoms with E-state index < -0.39 is 11.7 Å². The van der Waals surface area contributed by atoms with Gasteiger partial charge in [0.1, 0.15) is 11.8 Å². The van der Waals surface area contributed by atoms with Gasteiger partial charge in [0.15, 0.2) is 0 Å². The monoisotopic (exact) mass is 276 g/mol. The quantitative estimate of drug-likeness (QED) is 0.870. The summed E-state index contributed by atoms with van der Waals surface area (Å²) in [6.45, 7) is 0.214. The van der Waals surface area contributed by atoms with Gasteiger partial charge in [-0.15, -0.1) is 0 Å². The molecule has 0 aliphatic carbocycles. The minimum Gasteiger partial charge on any atom is -0.288 e. The Morgan fingerprint density at radius 2 is 2.05 bits per heavy atom. The number of rotatable bonds is 1. The molecule has 2 heterocycles. The number of H-pyrrole nitrogens is 1. The fourth-order valence-electron chi connectivity index (χ4n) is 2.19. The van der Waals surface area contributed by atoms with Gasteiger partial charge in [-0.25, -0.2) is 0 Å². The van der Waals surface area contributed by atoms with Crippen molar-refractivity contribution in [2.45, 2.75) is 12.7 Å². The Morgan fingerprint density at radius 3 is 2.75 bits per heavy atom. The second kappa shape index (κ2) is 4.20. The van der Waals surface area contributed by atoms with Crippen molar-refractivity contribution in [1.29, 1.82) is 5.26 Å². The molecule has 0 bridgehead atoms. The summed E-state index contributed by atoms with van der Waals surface area (Å²) in [5, 5.41) is 15.1. The molecule has 100 valence electrons. The van der Waals surface area contributed by atoms with Crippen molar-refractivity contribution >= 4 is 6.21 Å². The third-order valence-corrected chi connectivity index (χ3v) is 3.12. The molecule has 0 saturated carbocycles. The van der Waals surface area contributed by atoms with E-state index in [1.165, 1.54) is 12.4 Å². The van der Waals surface area contributed by atoms with E-state index in [-0.39, 0.29) is 12.2 Å². The molecular formula is C13H7F3N4. The topological polar surface area (TPSA) is 64.8 Å². The molecule has 0 amide bonds. The van der Waals surface area contributed by atoms with Crippen LogP contribution in [0.2, 0.25) is 0 Å². The van der Waals surface area contributed by atoms with Crippen LogP contribution in [0.1, 0.15) is 22.4 Å². The number of aliphatic imine (C=N–C) groups is 1. The SMILES string of the molecule is N#Cc1[nH]ncc1-c1cc(C(F)(F)F)cc2c1C=NC2. The highest BCUT2D eigenvalue weighted by Gasteiger charge is 2.33. The summed E-state index contributed by atoms with van der Waals surface area (Å²) in [4.78, 5) is 3.99. The molecule has 1 aromatic heterocycles. The number of alkyl halides is 3. The van der Waals surface area contributed by atoms with Crippen LogP contribution in [0.4, 0.5) is 13.2 Å². The number of halogens is 3. The van der Waals surface area contributed by atoms with E-state index in [1.807, 2.05) is 6.07 Å². The highest BCUT2D eigenvalue weighted by molar-refractivity contribution is 5.95. The van der Waals surface area contributed by atoms with Crippen LogP contribution in [0.15, 0.2) is 23.3 Å². The van der Waals surface area contributed by atoms with Gasteiger partial charge in [0.2, 0.25) is 0 Å². The van der Waals surface area contributed by atoms with Crippen LogP contribution in [-0.2, 0) is 12.7 Å². The molecule has 0 atom stereocenters. The molecule has 0 unspecified atom stereocenters. The van der Waals surface area contributed by atoms with Crippen molar-refractivity contribution in [3.8, 4) is 17.2 Å². The van der Waals surface area contributed by atoms with Crippen molar-refractivity contribution in [3.05, 3.63) is 40.7 Å². The van der Waals surface area contributed by atoms with E-state index in [4.69, 9.17) is 5.26 Å². The lowest BCUT2D eigenvalue weighted by Crippen LogP contribution is -2.07. The van der Waals surface area contributed by atoms with E-state index >= 15 is 0 Å². The number of nitrogens with zero attached hydrogens (tertiary/aromatic N) is 3. The third kappa shape index (κ3) is 1.86. The standard InChI is InChI=1S/C13H7F3N4/c14-13(15,16)8-1-7-4-18-5-10(7)9(2-8)11-6-19-20-12(11)3-17/h1-2,5-6H,4H2,(H,19,20). The Hall–Kier alpha value is -2.62. The third-order valence-electron chi connectivity index (χ3n) is 3.12. The lowest BCUT2D eigenvalue weighted by molar-refractivity contribution is -0.137. The normalized spacial score (nSPS) is 13.3. The van der Waals surface area contributed by atoms with Gasteiger partial charge in [-0.05, 0) is 23.3 Å². The number of hydrogen-bond donors (Lipinski definition) is 1.